The lowest BCUT2D eigenvalue weighted by molar-refractivity contribution is -0.149. The summed E-state index contributed by atoms with van der Waals surface area (Å²) in [5.74, 6) is -0.993. The number of hydrogen-bond donors (Lipinski definition) is 1. The van der Waals surface area contributed by atoms with Gasteiger partial charge in [0.25, 0.3) is 0 Å². The summed E-state index contributed by atoms with van der Waals surface area (Å²) < 4.78 is 5.10. The Labute approximate surface area is 104 Å². The number of ether oxygens (including phenoxy) is 1. The van der Waals surface area contributed by atoms with Crippen molar-refractivity contribution in [1.82, 2.24) is 0 Å². The molecule has 0 unspecified atom stereocenters. The summed E-state index contributed by atoms with van der Waals surface area (Å²) in [6, 6.07) is 4.97. The standard InChI is InChI=1S/C11H12Cl2O3/c1-2-16-10(11(14)15)5-7-3-4-8(12)6-9(7)13/h3-4,6,10H,2,5H2,1H3,(H,14,15)/t10-/m0/s1. The average molecular weight is 263 g/mol. The third kappa shape index (κ3) is 3.67. The monoisotopic (exact) mass is 262 g/mol. The largest absolute Gasteiger partial charge is 0.479 e. The third-order valence-electron chi connectivity index (χ3n) is 2.06. The maximum Gasteiger partial charge on any atom is 0.333 e. The minimum atomic E-state index is -0.993. The molecule has 1 rings (SSSR count). The van der Waals surface area contributed by atoms with Crippen LogP contribution in [0.25, 0.3) is 0 Å². The molecule has 88 valence electrons. The van der Waals surface area contributed by atoms with Crippen molar-refractivity contribution in [3.8, 4) is 0 Å². The Morgan fingerprint density at radius 3 is 2.69 bits per heavy atom. The predicted molar refractivity (Wildman–Crippen MR) is 63.2 cm³/mol. The molecule has 1 aromatic rings. The summed E-state index contributed by atoms with van der Waals surface area (Å²) in [5, 5.41) is 9.90. The molecule has 1 aromatic carbocycles. The molecular weight excluding hydrogens is 251 g/mol. The zero-order valence-electron chi connectivity index (χ0n) is 8.74. The summed E-state index contributed by atoms with van der Waals surface area (Å²) in [6.45, 7) is 2.10. The van der Waals surface area contributed by atoms with Crippen LogP contribution in [0.5, 0.6) is 0 Å². The number of hydrogen-bond acceptors (Lipinski definition) is 2. The van der Waals surface area contributed by atoms with Gasteiger partial charge in [-0.3, -0.25) is 0 Å². The van der Waals surface area contributed by atoms with E-state index in [0.717, 1.165) is 0 Å². The summed E-state index contributed by atoms with van der Waals surface area (Å²) in [4.78, 5) is 10.9. The van der Waals surface area contributed by atoms with Crippen LogP contribution >= 0.6 is 23.2 Å². The van der Waals surface area contributed by atoms with Gasteiger partial charge in [0.1, 0.15) is 0 Å². The number of aliphatic carboxylic acids is 1. The molecule has 0 aliphatic heterocycles. The van der Waals surface area contributed by atoms with Gasteiger partial charge >= 0.3 is 5.97 Å². The normalized spacial score (nSPS) is 12.4. The van der Waals surface area contributed by atoms with Gasteiger partial charge in [0.05, 0.1) is 0 Å². The zero-order chi connectivity index (χ0) is 12.1. The van der Waals surface area contributed by atoms with Crippen molar-refractivity contribution in [1.29, 1.82) is 0 Å². The lowest BCUT2D eigenvalue weighted by atomic mass is 10.1. The number of benzene rings is 1. The Morgan fingerprint density at radius 1 is 1.50 bits per heavy atom. The van der Waals surface area contributed by atoms with Crippen LogP contribution in [0.3, 0.4) is 0 Å². The van der Waals surface area contributed by atoms with Gasteiger partial charge in [0.2, 0.25) is 0 Å². The summed E-state index contributed by atoms with van der Waals surface area (Å²) in [7, 11) is 0. The van der Waals surface area contributed by atoms with E-state index in [2.05, 4.69) is 0 Å². The van der Waals surface area contributed by atoms with E-state index in [9.17, 15) is 4.79 Å². The molecule has 1 N–H and O–H groups in total. The maximum absolute atomic E-state index is 10.9. The molecule has 0 aromatic heterocycles. The van der Waals surface area contributed by atoms with Gasteiger partial charge in [0, 0.05) is 23.1 Å². The number of carboxylic acid groups (broad SMARTS) is 1. The van der Waals surface area contributed by atoms with Crippen molar-refractivity contribution in [2.75, 3.05) is 6.61 Å². The Kier molecular flexibility index (Phi) is 5.06. The first-order valence-electron chi connectivity index (χ1n) is 4.83. The second kappa shape index (κ2) is 6.09. The number of carboxylic acids is 1. The third-order valence-corrected chi connectivity index (χ3v) is 2.65. The van der Waals surface area contributed by atoms with E-state index in [4.69, 9.17) is 33.0 Å². The average Bonchev–Trinajstić information content (AvgIpc) is 2.20. The second-order valence-corrected chi connectivity index (χ2v) is 4.07. The maximum atomic E-state index is 10.9. The van der Waals surface area contributed by atoms with Crippen molar-refractivity contribution in [3.05, 3.63) is 33.8 Å². The van der Waals surface area contributed by atoms with E-state index in [1.165, 1.54) is 0 Å². The van der Waals surface area contributed by atoms with Crippen LogP contribution in [0.4, 0.5) is 0 Å². The van der Waals surface area contributed by atoms with Gasteiger partial charge < -0.3 is 9.84 Å². The Bertz CT molecular complexity index is 379. The van der Waals surface area contributed by atoms with Gasteiger partial charge in [0.15, 0.2) is 6.10 Å². The number of carbonyl (C=O) groups is 1. The molecule has 5 heteroatoms. The molecular formula is C11H12Cl2O3. The molecule has 0 aliphatic carbocycles. The Balaban J connectivity index is 2.81. The molecule has 0 spiro atoms. The van der Waals surface area contributed by atoms with Crippen molar-refractivity contribution in [2.24, 2.45) is 0 Å². The van der Waals surface area contributed by atoms with Gasteiger partial charge in [-0.05, 0) is 24.6 Å². The van der Waals surface area contributed by atoms with Crippen LogP contribution in [0.15, 0.2) is 18.2 Å². The van der Waals surface area contributed by atoms with Crippen LogP contribution in [0.1, 0.15) is 12.5 Å². The summed E-state index contributed by atoms with van der Waals surface area (Å²) in [5.41, 5.74) is 0.715. The molecule has 16 heavy (non-hydrogen) atoms. The minimum Gasteiger partial charge on any atom is -0.479 e. The molecule has 0 fully saturated rings. The van der Waals surface area contributed by atoms with E-state index in [-0.39, 0.29) is 6.42 Å². The first-order valence-corrected chi connectivity index (χ1v) is 5.58. The van der Waals surface area contributed by atoms with Gasteiger partial charge in [-0.2, -0.15) is 0 Å². The Hall–Kier alpha value is -0.770. The van der Waals surface area contributed by atoms with Crippen molar-refractivity contribution >= 4 is 29.2 Å². The van der Waals surface area contributed by atoms with E-state index in [0.29, 0.717) is 22.2 Å². The van der Waals surface area contributed by atoms with E-state index in [1.807, 2.05) is 0 Å². The van der Waals surface area contributed by atoms with Crippen LogP contribution in [-0.2, 0) is 16.0 Å². The first-order chi connectivity index (χ1) is 7.54. The van der Waals surface area contributed by atoms with Crippen molar-refractivity contribution in [2.45, 2.75) is 19.4 Å². The lowest BCUT2D eigenvalue weighted by Gasteiger charge is -2.13. The number of halogens is 2. The van der Waals surface area contributed by atoms with Crippen molar-refractivity contribution < 1.29 is 14.6 Å². The van der Waals surface area contributed by atoms with Crippen LogP contribution < -0.4 is 0 Å². The van der Waals surface area contributed by atoms with Crippen molar-refractivity contribution in [3.63, 3.8) is 0 Å². The molecule has 0 saturated carbocycles. The van der Waals surface area contributed by atoms with Gasteiger partial charge in [-0.15, -0.1) is 0 Å². The molecule has 0 saturated heterocycles. The number of rotatable bonds is 5. The molecule has 1 atom stereocenters. The SMILES string of the molecule is CCO[C@@H](Cc1ccc(Cl)cc1Cl)C(=O)O. The smallest absolute Gasteiger partial charge is 0.333 e. The highest BCUT2D eigenvalue weighted by Gasteiger charge is 2.19. The van der Waals surface area contributed by atoms with Gasteiger partial charge in [-0.1, -0.05) is 29.3 Å². The highest BCUT2D eigenvalue weighted by atomic mass is 35.5. The molecule has 0 bridgehead atoms. The highest BCUT2D eigenvalue weighted by Crippen LogP contribution is 2.22. The Morgan fingerprint density at radius 2 is 2.19 bits per heavy atom. The zero-order valence-corrected chi connectivity index (χ0v) is 10.3. The summed E-state index contributed by atoms with van der Waals surface area (Å²) >= 11 is 11.7. The van der Waals surface area contributed by atoms with Crippen LogP contribution in [-0.4, -0.2) is 23.8 Å². The fourth-order valence-electron chi connectivity index (χ4n) is 1.31. The molecule has 0 aliphatic rings. The predicted octanol–water partition coefficient (Wildman–Crippen LogP) is 3.03. The second-order valence-electron chi connectivity index (χ2n) is 3.22. The topological polar surface area (TPSA) is 46.5 Å². The molecule has 3 nitrogen and oxygen atoms in total. The van der Waals surface area contributed by atoms with E-state index >= 15 is 0 Å². The molecule has 0 heterocycles. The minimum absolute atomic E-state index is 0.235. The lowest BCUT2D eigenvalue weighted by Crippen LogP contribution is -2.26. The summed E-state index contributed by atoms with van der Waals surface area (Å²) in [6.07, 6.45) is -0.636. The first kappa shape index (κ1) is 13.3. The van der Waals surface area contributed by atoms with Crippen LogP contribution in [0, 0.1) is 0 Å². The van der Waals surface area contributed by atoms with E-state index in [1.54, 1.807) is 25.1 Å². The van der Waals surface area contributed by atoms with Gasteiger partial charge in [-0.25, -0.2) is 4.79 Å². The van der Waals surface area contributed by atoms with E-state index < -0.39 is 12.1 Å². The van der Waals surface area contributed by atoms with Crippen LogP contribution in [0.2, 0.25) is 10.0 Å². The molecule has 0 radical (unpaired) electrons. The fourth-order valence-corrected chi connectivity index (χ4v) is 1.79. The molecule has 0 amide bonds. The highest BCUT2D eigenvalue weighted by molar-refractivity contribution is 6.35. The fraction of sp³-hybridized carbons (Fsp3) is 0.364. The quantitative estimate of drug-likeness (QED) is 0.888.